The molecule has 0 atom stereocenters. The number of rotatable bonds is 9. The van der Waals surface area contributed by atoms with Crippen LogP contribution in [0.2, 0.25) is 10.0 Å². The molecule has 0 saturated carbocycles. The Bertz CT molecular complexity index is 1220. The summed E-state index contributed by atoms with van der Waals surface area (Å²) in [6, 6.07) is 3.29. The van der Waals surface area contributed by atoms with Gasteiger partial charge in [0.05, 0.1) is 21.4 Å². The number of allylic oxidation sites excluding steroid dienone is 4. The summed E-state index contributed by atoms with van der Waals surface area (Å²) in [7, 11) is 0. The lowest BCUT2D eigenvalue weighted by Gasteiger charge is -2.33. The average Bonchev–Trinajstić information content (AvgIpc) is 3.12. The Morgan fingerprint density at radius 2 is 1.13 bits per heavy atom. The zero-order valence-corrected chi connectivity index (χ0v) is 25.8. The molecule has 7 nitrogen and oxygen atoms in total. The minimum atomic E-state index is -0.622. The van der Waals surface area contributed by atoms with Crippen molar-refractivity contribution >= 4 is 52.4 Å². The summed E-state index contributed by atoms with van der Waals surface area (Å²) in [5, 5.41) is 1.05. The summed E-state index contributed by atoms with van der Waals surface area (Å²) in [6.45, 7) is 17.8. The Labute approximate surface area is 242 Å². The molecule has 212 valence electrons. The predicted molar refractivity (Wildman–Crippen MR) is 160 cm³/mol. The summed E-state index contributed by atoms with van der Waals surface area (Å²) >= 11 is 12.8. The van der Waals surface area contributed by atoms with Crippen LogP contribution in [0.25, 0.3) is 0 Å². The number of benzene rings is 1. The highest BCUT2D eigenvalue weighted by Gasteiger charge is 2.41. The molecule has 9 heteroatoms. The van der Waals surface area contributed by atoms with Crippen molar-refractivity contribution in [2.75, 3.05) is 36.0 Å². The number of likely N-dealkylation sites (N-methyl/N-ethyl adjacent to an activating group) is 2. The third-order valence-corrected chi connectivity index (χ3v) is 7.64. The summed E-state index contributed by atoms with van der Waals surface area (Å²) in [6.07, 6.45) is 8.96. The molecule has 0 radical (unpaired) electrons. The van der Waals surface area contributed by atoms with Crippen molar-refractivity contribution < 1.29 is 14.4 Å². The number of amides is 4. The smallest absolute Gasteiger partial charge is 0.326 e. The zero-order valence-electron chi connectivity index (χ0n) is 24.3. The van der Waals surface area contributed by atoms with Crippen LogP contribution in [0, 0.1) is 10.8 Å². The maximum atomic E-state index is 13.0. The van der Waals surface area contributed by atoms with E-state index in [0.29, 0.717) is 10.0 Å². The van der Waals surface area contributed by atoms with Crippen LogP contribution in [-0.4, -0.2) is 53.8 Å². The fraction of sp³-hybridized carbons (Fsp3) is 0.500. The van der Waals surface area contributed by atoms with Crippen LogP contribution in [0.4, 0.5) is 16.2 Å². The number of imide groups is 2. The second kappa shape index (κ2) is 11.8. The van der Waals surface area contributed by atoms with E-state index >= 15 is 0 Å². The fourth-order valence-electron chi connectivity index (χ4n) is 4.91. The van der Waals surface area contributed by atoms with Crippen molar-refractivity contribution in [3.8, 4) is 0 Å². The number of halogens is 2. The predicted octanol–water partition coefficient (Wildman–Crippen LogP) is 7.26. The first-order chi connectivity index (χ1) is 18.2. The summed E-state index contributed by atoms with van der Waals surface area (Å²) in [4.78, 5) is 45.3. The third-order valence-electron chi connectivity index (χ3n) is 6.92. The number of hydrogen-bond donors (Lipinski definition) is 0. The lowest BCUT2D eigenvalue weighted by atomic mass is 9.84. The molecule has 0 aromatic heterocycles. The normalized spacial score (nSPS) is 17.8. The van der Waals surface area contributed by atoms with E-state index in [1.54, 1.807) is 19.9 Å². The Morgan fingerprint density at radius 1 is 0.692 bits per heavy atom. The highest BCUT2D eigenvalue weighted by Crippen LogP contribution is 2.46. The lowest BCUT2D eigenvalue weighted by molar-refractivity contribution is -0.135. The van der Waals surface area contributed by atoms with Crippen molar-refractivity contribution in [1.82, 2.24) is 9.80 Å². The molecule has 4 amide bonds. The standard InChI is InChI=1S/C30H40Cl2N4O3/c1-9-15-36-24-17-22(32)21(31)16-23(24)33(10-2)25(36)19-30(7,8)14-13-29(5,6)18-20-26(37)34(11-3)28(39)35(12-4)27(20)38/h13-14,16-19H,9-12,15H2,1-8H3/b14-13+,25-19+. The number of carbonyl (C=O) groups excluding carboxylic acids is 3. The second-order valence-corrected chi connectivity index (χ2v) is 11.9. The molecule has 3 rings (SSSR count). The Morgan fingerprint density at radius 3 is 1.56 bits per heavy atom. The summed E-state index contributed by atoms with van der Waals surface area (Å²) < 4.78 is 0. The largest absolute Gasteiger partial charge is 0.333 e. The first kappa shape index (κ1) is 30.8. The van der Waals surface area contributed by atoms with Gasteiger partial charge in [-0.05, 0) is 45.4 Å². The first-order valence-corrected chi connectivity index (χ1v) is 14.3. The number of hydrogen-bond acceptors (Lipinski definition) is 5. The molecule has 0 aliphatic carbocycles. The van der Waals surface area contributed by atoms with Crippen LogP contribution in [-0.2, 0) is 9.59 Å². The molecular formula is C30H40Cl2N4O3. The highest BCUT2D eigenvalue weighted by atomic mass is 35.5. The van der Waals surface area contributed by atoms with Crippen molar-refractivity contribution in [3.63, 3.8) is 0 Å². The van der Waals surface area contributed by atoms with Gasteiger partial charge >= 0.3 is 6.03 Å². The van der Waals surface area contributed by atoms with E-state index < -0.39 is 23.3 Å². The monoisotopic (exact) mass is 574 g/mol. The topological polar surface area (TPSA) is 64.2 Å². The van der Waals surface area contributed by atoms with Crippen LogP contribution in [0.1, 0.15) is 61.8 Å². The molecule has 2 heterocycles. The molecule has 0 N–H and O–H groups in total. The van der Waals surface area contributed by atoms with Crippen LogP contribution >= 0.6 is 23.2 Å². The van der Waals surface area contributed by atoms with E-state index in [2.05, 4.69) is 49.6 Å². The van der Waals surface area contributed by atoms with E-state index in [-0.39, 0.29) is 24.1 Å². The van der Waals surface area contributed by atoms with Crippen LogP contribution in [0.15, 0.2) is 47.8 Å². The van der Waals surface area contributed by atoms with Gasteiger partial charge in [0.1, 0.15) is 11.4 Å². The molecule has 0 bridgehead atoms. The highest BCUT2D eigenvalue weighted by molar-refractivity contribution is 6.42. The third kappa shape index (κ3) is 6.20. The van der Waals surface area contributed by atoms with Gasteiger partial charge < -0.3 is 9.80 Å². The molecule has 1 saturated heterocycles. The first-order valence-electron chi connectivity index (χ1n) is 13.6. The molecule has 0 spiro atoms. The zero-order chi connectivity index (χ0) is 29.3. The van der Waals surface area contributed by atoms with Gasteiger partial charge in [-0.1, -0.05) is 76.0 Å². The van der Waals surface area contributed by atoms with Gasteiger partial charge in [0.2, 0.25) is 0 Å². The average molecular weight is 576 g/mol. The molecule has 2 aliphatic rings. The number of anilines is 2. The van der Waals surface area contributed by atoms with E-state index in [4.69, 9.17) is 23.2 Å². The molecule has 1 aromatic carbocycles. The van der Waals surface area contributed by atoms with Gasteiger partial charge in [-0.3, -0.25) is 19.4 Å². The van der Waals surface area contributed by atoms with Crippen LogP contribution < -0.4 is 9.80 Å². The lowest BCUT2D eigenvalue weighted by Crippen LogP contribution is -2.56. The van der Waals surface area contributed by atoms with Gasteiger partial charge in [-0.25, -0.2) is 4.79 Å². The van der Waals surface area contributed by atoms with Crippen molar-refractivity contribution in [2.45, 2.75) is 61.8 Å². The molecule has 0 unspecified atom stereocenters. The molecule has 39 heavy (non-hydrogen) atoms. The van der Waals surface area contributed by atoms with E-state index in [9.17, 15) is 14.4 Å². The van der Waals surface area contributed by atoms with Crippen molar-refractivity contribution in [3.05, 3.63) is 57.9 Å². The van der Waals surface area contributed by atoms with Gasteiger partial charge in [-0.15, -0.1) is 0 Å². The van der Waals surface area contributed by atoms with E-state index in [1.807, 2.05) is 32.1 Å². The van der Waals surface area contributed by atoms with Crippen LogP contribution in [0.3, 0.4) is 0 Å². The Balaban J connectivity index is 1.97. The second-order valence-electron chi connectivity index (χ2n) is 11.1. The molecule has 1 fully saturated rings. The van der Waals surface area contributed by atoms with Gasteiger partial charge in [0.25, 0.3) is 11.8 Å². The van der Waals surface area contributed by atoms with Crippen LogP contribution in [0.5, 0.6) is 0 Å². The molecular weight excluding hydrogens is 535 g/mol. The van der Waals surface area contributed by atoms with Gasteiger partial charge in [0, 0.05) is 37.0 Å². The number of fused-ring (bicyclic) bond motifs is 1. The fourth-order valence-corrected chi connectivity index (χ4v) is 5.23. The minimum absolute atomic E-state index is 0.0235. The maximum absolute atomic E-state index is 13.0. The summed E-state index contributed by atoms with van der Waals surface area (Å²) in [5.41, 5.74) is 1.09. The van der Waals surface area contributed by atoms with Crippen molar-refractivity contribution in [1.29, 1.82) is 0 Å². The number of urea groups is 1. The number of barbiturate groups is 1. The maximum Gasteiger partial charge on any atom is 0.333 e. The minimum Gasteiger partial charge on any atom is -0.326 e. The number of carbonyl (C=O) groups is 3. The van der Waals surface area contributed by atoms with E-state index in [1.165, 1.54) is 0 Å². The number of nitrogens with zero attached hydrogens (tertiary/aromatic N) is 4. The van der Waals surface area contributed by atoms with Gasteiger partial charge in [0.15, 0.2) is 0 Å². The van der Waals surface area contributed by atoms with E-state index in [0.717, 1.165) is 46.5 Å². The Hall–Kier alpha value is -2.77. The van der Waals surface area contributed by atoms with Crippen molar-refractivity contribution in [2.24, 2.45) is 10.8 Å². The molecule has 1 aromatic rings. The van der Waals surface area contributed by atoms with Gasteiger partial charge in [-0.2, -0.15) is 0 Å². The SMILES string of the molecule is CCCN1/C(=C/C(C)(C)/C=C/C(C)(C)C=C2C(=O)N(CC)C(=O)N(CC)C2=O)N(CC)c2cc(Cl)c(Cl)cc21. The molecule has 2 aliphatic heterocycles. The quantitative estimate of drug-likeness (QED) is 0.176. The Kier molecular flexibility index (Phi) is 9.28. The summed E-state index contributed by atoms with van der Waals surface area (Å²) in [5.74, 6) is -0.0309.